The van der Waals surface area contributed by atoms with E-state index in [1.54, 1.807) is 0 Å². The molecule has 29 unspecified atom stereocenters. The first-order valence-electron chi connectivity index (χ1n) is 37.6. The molecular weight excluding hydrogens is 1240 g/mol. The molecule has 13 nitrogen and oxygen atoms in total. The Kier molecular flexibility index (Phi) is 12.2. The molecule has 3 saturated heterocycles. The molecule has 13 aliphatic carbocycles. The Balaban J connectivity index is 0.766. The van der Waals surface area contributed by atoms with Crippen molar-refractivity contribution in [2.45, 2.75) is 200 Å². The number of aromatic amines is 1. The number of allylic oxidation sites excluding steroid dienone is 3. The van der Waals surface area contributed by atoms with Crippen LogP contribution in [0, 0.1) is 98.1 Å². The highest BCUT2D eigenvalue weighted by atomic mass is 33.1. The lowest BCUT2D eigenvalue weighted by Crippen LogP contribution is -2.83. The zero-order chi connectivity index (χ0) is 64.2. The second-order valence-electron chi connectivity index (χ2n) is 34.9. The number of ether oxygens (including phenoxy) is 4. The summed E-state index contributed by atoms with van der Waals surface area (Å²) < 4.78 is 30.0. The minimum absolute atomic E-state index is 0.0497. The Morgan fingerprint density at radius 3 is 2.47 bits per heavy atom. The molecule has 29 atom stereocenters. The summed E-state index contributed by atoms with van der Waals surface area (Å²) in [4.78, 5) is 20.0. The lowest BCUT2D eigenvalue weighted by Gasteiger charge is -2.72. The van der Waals surface area contributed by atoms with E-state index in [0.29, 0.717) is 59.5 Å². The maximum absolute atomic E-state index is 16.6. The fraction of sp³-hybridized carbons (Fsp3) is 0.642. The van der Waals surface area contributed by atoms with Gasteiger partial charge in [0.25, 0.3) is 0 Å². The zero-order valence-corrected chi connectivity index (χ0v) is 56.6. The van der Waals surface area contributed by atoms with Gasteiger partial charge in [-0.3, -0.25) is 0 Å². The number of hydrogen-bond acceptors (Lipinski definition) is 14. The zero-order valence-electron chi connectivity index (χ0n) is 55.0. The number of H-pyrrole nitrogens is 1. The summed E-state index contributed by atoms with van der Waals surface area (Å²) in [6.45, 7) is -0.470. The van der Waals surface area contributed by atoms with Crippen molar-refractivity contribution in [1.29, 1.82) is 0 Å². The van der Waals surface area contributed by atoms with Crippen LogP contribution >= 0.6 is 21.6 Å². The number of aliphatic hydroxyl groups excluding tert-OH is 3. The molecule has 13 fully saturated rings. The first kappa shape index (κ1) is 59.5. The number of aromatic nitrogens is 1. The third-order valence-electron chi connectivity index (χ3n) is 33.1. The monoisotopic (exact) mass is 1330 g/mol. The number of nitrogens with one attached hydrogen (secondary N) is 2. The SMILES string of the molecule is CNC1CSSCC2c3cc(O)ccc3C34C(CCC35C(O)C1CC1C3CC6(C(O)C7(O)OC(C(=O)Oc8c(CO)[nH]c9ccc%10cc%11ccccc%11cc%10c89)C(OC15)C37O)C13CCCC1C=CC1C57CCC(C5)C5(C=CC8CCCC8O5)C=CC7CC16CC3)CC1CCC2C14. The Hall–Kier alpha value is -4.23. The molecule has 6 heterocycles. The number of phenolic OH excluding ortho intramolecular Hbond substituents is 1. The molecule has 0 radical (unpaired) electrons. The molecule has 4 aromatic carbocycles. The van der Waals surface area contributed by atoms with E-state index in [2.05, 4.69) is 90.2 Å². The van der Waals surface area contributed by atoms with Crippen LogP contribution in [0.5, 0.6) is 11.5 Å². The third kappa shape index (κ3) is 6.62. The largest absolute Gasteiger partial charge is 0.508 e. The standard InChI is InChI=1S/C81H92N2O11S2/c1-82-61-40-96-95-39-56-51-15-11-45-31-47-22-27-77(79(47,65(45)51)57-16-14-50(85)33-53(56)57)68(86)55(61)34-54-58-37-78(74-23-5-9-46(74)13-18-63-73-24-20-49(35-73)76(25-19-41-8-4-10-62(41)93-76)26-21-48(73)36-75(63,78)29-28-74)72(88)81(90)80(58,89)70(92-69(54)77)67(94-81)71(87)91-66-60(38-84)83-59-17-12-44-30-42-6-2-3-7-43(42)32-52(44)64(59)66/h2-3,6-7,12-14,16-19,21,25-26,30,32-33,41,45-49,51,54-56,58,61-63,65,67-70,72,82-86,88-90H,4-5,8-11,15,20,22-24,27-29,31,34-40H2,1H3. The van der Waals surface area contributed by atoms with E-state index in [0.717, 1.165) is 123 Å². The summed E-state index contributed by atoms with van der Waals surface area (Å²) in [5.41, 5.74) is -3.06. The number of aliphatic hydroxyl groups is 5. The van der Waals surface area contributed by atoms with Crippen molar-refractivity contribution in [1.82, 2.24) is 10.3 Å². The van der Waals surface area contributed by atoms with Crippen molar-refractivity contribution in [2.75, 3.05) is 18.6 Å². The van der Waals surface area contributed by atoms with Crippen LogP contribution in [0.25, 0.3) is 32.4 Å². The fourth-order valence-electron chi connectivity index (χ4n) is 30.3. The van der Waals surface area contributed by atoms with Crippen molar-refractivity contribution in [3.8, 4) is 11.5 Å². The molecule has 23 rings (SSSR count). The summed E-state index contributed by atoms with van der Waals surface area (Å²) >= 11 is 0. The number of phenols is 1. The Labute approximate surface area is 569 Å². The highest BCUT2D eigenvalue weighted by molar-refractivity contribution is 8.76. The first-order chi connectivity index (χ1) is 46.7. The lowest BCUT2D eigenvalue weighted by molar-refractivity contribution is -0.411. The van der Waals surface area contributed by atoms with E-state index in [-0.39, 0.29) is 70.5 Å². The lowest BCUT2D eigenvalue weighted by atomic mass is 9.36. The highest BCUT2D eigenvalue weighted by Gasteiger charge is 2.91. The van der Waals surface area contributed by atoms with Crippen molar-refractivity contribution in [3.05, 3.63) is 120 Å². The average molecular weight is 1330 g/mol. The quantitative estimate of drug-likeness (QED) is 0.0365. The summed E-state index contributed by atoms with van der Waals surface area (Å²) in [5.74, 6) is -0.485. The molecular formula is C81H92N2O11S2. The molecule has 10 saturated carbocycles. The smallest absolute Gasteiger partial charge is 0.343 e. The third-order valence-corrected chi connectivity index (χ3v) is 35.6. The first-order valence-corrected chi connectivity index (χ1v) is 40.1. The van der Waals surface area contributed by atoms with E-state index in [4.69, 9.17) is 18.9 Å². The van der Waals surface area contributed by atoms with Crippen LogP contribution in [-0.4, -0.2) is 120 Å². The average Bonchev–Trinajstić information content (AvgIpc) is 1.41. The minimum Gasteiger partial charge on any atom is -0.508 e. The van der Waals surface area contributed by atoms with Crippen molar-refractivity contribution >= 4 is 60.0 Å². The van der Waals surface area contributed by atoms with Gasteiger partial charge in [0.1, 0.15) is 23.6 Å². The summed E-state index contributed by atoms with van der Waals surface area (Å²) in [7, 11) is 5.89. The molecule has 96 heavy (non-hydrogen) atoms. The number of hydrogen-bond donors (Lipinski definition) is 8. The molecule has 5 aliphatic heterocycles. The van der Waals surface area contributed by atoms with Gasteiger partial charge in [-0.25, -0.2) is 4.79 Å². The van der Waals surface area contributed by atoms with Crippen molar-refractivity contribution in [2.24, 2.45) is 98.1 Å². The molecule has 1 aromatic heterocycles. The number of esters is 1. The normalized spacial score (nSPS) is 51.8. The van der Waals surface area contributed by atoms with Crippen LogP contribution in [-0.2, 0) is 31.0 Å². The summed E-state index contributed by atoms with van der Waals surface area (Å²) in [6, 6.07) is 22.5. The van der Waals surface area contributed by atoms with Gasteiger partial charge in [-0.15, -0.1) is 0 Å². The maximum Gasteiger partial charge on any atom is 0.343 e. The van der Waals surface area contributed by atoms with Gasteiger partial charge in [-0.05, 0) is 255 Å². The predicted molar refractivity (Wildman–Crippen MR) is 367 cm³/mol. The van der Waals surface area contributed by atoms with Gasteiger partial charge >= 0.3 is 5.97 Å². The van der Waals surface area contributed by atoms with E-state index in [1.807, 2.05) is 51.9 Å². The van der Waals surface area contributed by atoms with Gasteiger partial charge in [0, 0.05) is 51.5 Å². The van der Waals surface area contributed by atoms with Gasteiger partial charge in [-0.1, -0.05) is 107 Å². The molecule has 0 amide bonds. The molecule has 7 spiro atoms. The van der Waals surface area contributed by atoms with Crippen molar-refractivity contribution in [3.63, 3.8) is 0 Å². The number of carbonyl (C=O) groups is 1. The number of aromatic hydroxyl groups is 1. The summed E-state index contributed by atoms with van der Waals surface area (Å²) in [6.07, 6.45) is 26.8. The molecule has 5 aromatic rings. The van der Waals surface area contributed by atoms with Crippen LogP contribution in [0.3, 0.4) is 0 Å². The van der Waals surface area contributed by atoms with Crippen molar-refractivity contribution < 1.29 is 54.4 Å². The van der Waals surface area contributed by atoms with Crippen LogP contribution in [0.1, 0.15) is 145 Å². The molecule has 8 N–H and O–H groups in total. The van der Waals surface area contributed by atoms with Gasteiger partial charge in [0.2, 0.25) is 5.79 Å². The second kappa shape index (κ2) is 19.7. The highest BCUT2D eigenvalue weighted by Crippen LogP contribution is 2.89. The molecule has 504 valence electrons. The number of benzene rings is 4. The van der Waals surface area contributed by atoms with Crippen LogP contribution in [0.2, 0.25) is 0 Å². The fourth-order valence-corrected chi connectivity index (χ4v) is 33.1. The Bertz CT molecular complexity index is 4290. The van der Waals surface area contributed by atoms with Gasteiger partial charge in [0.05, 0.1) is 41.5 Å². The van der Waals surface area contributed by atoms with E-state index in [1.165, 1.54) is 24.0 Å². The molecule has 18 aliphatic rings. The van der Waals surface area contributed by atoms with E-state index in [9.17, 15) is 15.3 Å². The second-order valence-corrected chi connectivity index (χ2v) is 37.4. The number of fused-ring (bicyclic) bond motifs is 13. The van der Waals surface area contributed by atoms with Gasteiger partial charge in [-0.2, -0.15) is 0 Å². The predicted octanol–water partition coefficient (Wildman–Crippen LogP) is 12.6. The van der Waals surface area contributed by atoms with Crippen LogP contribution in [0.4, 0.5) is 0 Å². The topological polar surface area (TPSA) is 203 Å². The Morgan fingerprint density at radius 2 is 1.59 bits per heavy atom. The van der Waals surface area contributed by atoms with Crippen LogP contribution < -0.4 is 10.1 Å². The van der Waals surface area contributed by atoms with Gasteiger partial charge in [0.15, 0.2) is 17.5 Å². The van der Waals surface area contributed by atoms with Crippen LogP contribution in [0.15, 0.2) is 103 Å². The van der Waals surface area contributed by atoms with E-state index >= 15 is 20.1 Å². The molecule has 8 bridgehead atoms. The minimum atomic E-state index is -2.73. The number of rotatable bonds is 4. The maximum atomic E-state index is 16.6. The Morgan fingerprint density at radius 1 is 0.750 bits per heavy atom. The molecule has 15 heteroatoms. The van der Waals surface area contributed by atoms with E-state index < -0.39 is 99.0 Å². The summed E-state index contributed by atoms with van der Waals surface area (Å²) in [5, 5.41) is 91.4. The van der Waals surface area contributed by atoms with Gasteiger partial charge < -0.3 is 59.9 Å². The number of carbonyl (C=O) groups excluding carboxylic acids is 1.